The van der Waals surface area contributed by atoms with Crippen LogP contribution in [0.5, 0.6) is 0 Å². The van der Waals surface area contributed by atoms with Crippen molar-refractivity contribution >= 4 is 18.2 Å². The summed E-state index contributed by atoms with van der Waals surface area (Å²) in [5.74, 6) is -0.774. The Bertz CT molecular complexity index is 457. The molecular weight excluding hydrogens is 310 g/mol. The maximum atomic E-state index is 12.6. The Balaban J connectivity index is 2.68. The topological polar surface area (TPSA) is 81.7 Å². The second-order valence-electron chi connectivity index (χ2n) is 7.66. The highest BCUT2D eigenvalue weighted by molar-refractivity contribution is 5.88. The van der Waals surface area contributed by atoms with Gasteiger partial charge in [0.15, 0.2) is 0 Å². The van der Waals surface area contributed by atoms with Crippen molar-refractivity contribution in [2.45, 2.75) is 84.0 Å². The SMILES string of the molecule is CCC(C)(NC(=O)[C@@H]1CCC[C@H](OCC=O)C1)C(=O)OC(C)(C)C. The molecule has 0 aromatic carbocycles. The van der Waals surface area contributed by atoms with Gasteiger partial charge in [-0.2, -0.15) is 0 Å². The van der Waals surface area contributed by atoms with Crippen LogP contribution < -0.4 is 5.32 Å². The molecule has 6 nitrogen and oxygen atoms in total. The highest BCUT2D eigenvalue weighted by Gasteiger charge is 2.39. The first-order chi connectivity index (χ1) is 11.1. The molecule has 1 N–H and O–H groups in total. The van der Waals surface area contributed by atoms with Gasteiger partial charge in [0, 0.05) is 5.92 Å². The number of ether oxygens (including phenoxy) is 2. The summed E-state index contributed by atoms with van der Waals surface area (Å²) in [7, 11) is 0. The minimum Gasteiger partial charge on any atom is -0.458 e. The van der Waals surface area contributed by atoms with E-state index in [1.54, 1.807) is 27.7 Å². The fourth-order valence-corrected chi connectivity index (χ4v) is 2.76. The largest absolute Gasteiger partial charge is 0.458 e. The maximum absolute atomic E-state index is 12.6. The van der Waals surface area contributed by atoms with E-state index < -0.39 is 17.1 Å². The van der Waals surface area contributed by atoms with E-state index in [0.29, 0.717) is 12.8 Å². The number of carbonyl (C=O) groups excluding carboxylic acids is 3. The lowest BCUT2D eigenvalue weighted by Gasteiger charge is -2.34. The van der Waals surface area contributed by atoms with E-state index in [9.17, 15) is 14.4 Å². The molecule has 1 aliphatic carbocycles. The van der Waals surface area contributed by atoms with Crippen LogP contribution in [0.15, 0.2) is 0 Å². The predicted octanol–water partition coefficient (Wildman–Crippen LogP) is 2.39. The molecule has 1 amide bonds. The molecule has 1 saturated carbocycles. The Morgan fingerprint density at radius 2 is 1.88 bits per heavy atom. The van der Waals surface area contributed by atoms with Crippen LogP contribution in [0.2, 0.25) is 0 Å². The quantitative estimate of drug-likeness (QED) is 0.568. The Hall–Kier alpha value is -1.43. The van der Waals surface area contributed by atoms with Gasteiger partial charge in [-0.05, 0) is 53.4 Å². The molecule has 1 rings (SSSR count). The summed E-state index contributed by atoms with van der Waals surface area (Å²) in [4.78, 5) is 35.5. The molecule has 6 heteroatoms. The average molecular weight is 341 g/mol. The minimum atomic E-state index is -1.04. The standard InChI is InChI=1S/C18H31NO5/c1-6-18(5,16(22)24-17(2,3)4)19-15(21)13-8-7-9-14(12-13)23-11-10-20/h10,13-14H,6-9,11-12H2,1-5H3,(H,19,21)/t13-,14+,18?/m1/s1. The smallest absolute Gasteiger partial charge is 0.332 e. The first-order valence-corrected chi connectivity index (χ1v) is 8.72. The maximum Gasteiger partial charge on any atom is 0.332 e. The van der Waals surface area contributed by atoms with Crippen LogP contribution in [0.25, 0.3) is 0 Å². The number of carbonyl (C=O) groups is 3. The van der Waals surface area contributed by atoms with Crippen molar-refractivity contribution < 1.29 is 23.9 Å². The number of hydrogen-bond donors (Lipinski definition) is 1. The van der Waals surface area contributed by atoms with E-state index in [4.69, 9.17) is 9.47 Å². The zero-order chi connectivity index (χ0) is 18.4. The van der Waals surface area contributed by atoms with Crippen LogP contribution in [0.4, 0.5) is 0 Å². The zero-order valence-electron chi connectivity index (χ0n) is 15.5. The fraction of sp³-hybridized carbons (Fsp3) is 0.833. The highest BCUT2D eigenvalue weighted by atomic mass is 16.6. The van der Waals surface area contributed by atoms with Gasteiger partial charge < -0.3 is 19.6 Å². The van der Waals surface area contributed by atoms with Crippen LogP contribution in [0.3, 0.4) is 0 Å². The Morgan fingerprint density at radius 3 is 2.42 bits per heavy atom. The molecule has 0 bridgehead atoms. The van der Waals surface area contributed by atoms with Gasteiger partial charge in [0.25, 0.3) is 0 Å². The van der Waals surface area contributed by atoms with Crippen molar-refractivity contribution in [1.29, 1.82) is 0 Å². The van der Waals surface area contributed by atoms with E-state index in [2.05, 4.69) is 5.32 Å². The summed E-state index contributed by atoms with van der Waals surface area (Å²) in [6, 6.07) is 0. The third-order valence-corrected chi connectivity index (χ3v) is 4.35. The van der Waals surface area contributed by atoms with Gasteiger partial charge in [0.2, 0.25) is 5.91 Å². The Morgan fingerprint density at radius 1 is 1.21 bits per heavy atom. The van der Waals surface area contributed by atoms with E-state index in [0.717, 1.165) is 25.5 Å². The van der Waals surface area contributed by atoms with Gasteiger partial charge in [-0.3, -0.25) is 4.79 Å². The molecule has 0 radical (unpaired) electrons. The minimum absolute atomic E-state index is 0.0591. The van der Waals surface area contributed by atoms with Crippen molar-refractivity contribution in [2.24, 2.45) is 5.92 Å². The van der Waals surface area contributed by atoms with Crippen LogP contribution in [-0.2, 0) is 23.9 Å². The number of rotatable bonds is 7. The molecule has 1 fully saturated rings. The van der Waals surface area contributed by atoms with Gasteiger partial charge in [-0.25, -0.2) is 4.79 Å². The lowest BCUT2D eigenvalue weighted by atomic mass is 9.85. The van der Waals surface area contributed by atoms with Crippen molar-refractivity contribution in [2.75, 3.05) is 6.61 Å². The summed E-state index contributed by atoms with van der Waals surface area (Å²) in [5.41, 5.74) is -1.64. The number of nitrogens with one attached hydrogen (secondary N) is 1. The molecule has 138 valence electrons. The first kappa shape index (κ1) is 20.6. The fourth-order valence-electron chi connectivity index (χ4n) is 2.76. The van der Waals surface area contributed by atoms with Gasteiger partial charge in [0.1, 0.15) is 24.0 Å². The molecule has 24 heavy (non-hydrogen) atoms. The Labute approximate surface area is 144 Å². The summed E-state index contributed by atoms with van der Waals surface area (Å²) >= 11 is 0. The van der Waals surface area contributed by atoms with E-state index in [1.807, 2.05) is 6.92 Å². The molecule has 0 saturated heterocycles. The normalized spacial score (nSPS) is 23.9. The molecule has 0 heterocycles. The van der Waals surface area contributed by atoms with Crippen LogP contribution in [0.1, 0.15) is 66.7 Å². The van der Waals surface area contributed by atoms with Gasteiger partial charge in [-0.15, -0.1) is 0 Å². The Kier molecular flexibility index (Phi) is 7.39. The van der Waals surface area contributed by atoms with Crippen molar-refractivity contribution in [3.05, 3.63) is 0 Å². The van der Waals surface area contributed by atoms with Gasteiger partial charge in [-0.1, -0.05) is 13.3 Å². The third kappa shape index (κ3) is 6.23. The molecule has 1 aliphatic rings. The molecule has 0 aliphatic heterocycles. The lowest BCUT2D eigenvalue weighted by Crippen LogP contribution is -2.55. The van der Waals surface area contributed by atoms with E-state index >= 15 is 0 Å². The van der Waals surface area contributed by atoms with Crippen molar-refractivity contribution in [3.8, 4) is 0 Å². The predicted molar refractivity (Wildman–Crippen MR) is 90.4 cm³/mol. The summed E-state index contributed by atoms with van der Waals surface area (Å²) in [6.07, 6.45) is 4.17. The monoisotopic (exact) mass is 341 g/mol. The molecule has 0 aromatic heterocycles. The van der Waals surface area contributed by atoms with E-state index in [-0.39, 0.29) is 24.5 Å². The van der Waals surface area contributed by atoms with Gasteiger partial charge >= 0.3 is 5.97 Å². The van der Waals surface area contributed by atoms with Crippen molar-refractivity contribution in [3.63, 3.8) is 0 Å². The number of esters is 1. The third-order valence-electron chi connectivity index (χ3n) is 4.35. The molecule has 1 unspecified atom stereocenters. The van der Waals surface area contributed by atoms with Crippen LogP contribution in [-0.4, -0.2) is 42.0 Å². The van der Waals surface area contributed by atoms with Crippen LogP contribution >= 0.6 is 0 Å². The number of hydrogen-bond acceptors (Lipinski definition) is 5. The number of amides is 1. The van der Waals surface area contributed by atoms with Gasteiger partial charge in [0.05, 0.1) is 6.10 Å². The number of aldehydes is 1. The lowest BCUT2D eigenvalue weighted by molar-refractivity contribution is -0.164. The summed E-state index contributed by atoms with van der Waals surface area (Å²) < 4.78 is 10.9. The highest BCUT2D eigenvalue weighted by Crippen LogP contribution is 2.27. The second kappa shape index (κ2) is 8.60. The zero-order valence-corrected chi connectivity index (χ0v) is 15.5. The van der Waals surface area contributed by atoms with E-state index in [1.165, 1.54) is 0 Å². The first-order valence-electron chi connectivity index (χ1n) is 8.72. The van der Waals surface area contributed by atoms with Crippen LogP contribution in [0, 0.1) is 5.92 Å². The summed E-state index contributed by atoms with van der Waals surface area (Å²) in [5, 5.41) is 2.87. The van der Waals surface area contributed by atoms with Crippen molar-refractivity contribution in [1.82, 2.24) is 5.32 Å². The second-order valence-corrected chi connectivity index (χ2v) is 7.66. The molecule has 0 spiro atoms. The molecular formula is C18H31NO5. The average Bonchev–Trinajstić information content (AvgIpc) is 2.51. The summed E-state index contributed by atoms with van der Waals surface area (Å²) in [6.45, 7) is 9.02. The molecule has 3 atom stereocenters. The molecule has 0 aromatic rings.